The highest BCUT2D eigenvalue weighted by Gasteiger charge is 2.13. The Hall–Kier alpha value is -1.57. The summed E-state index contributed by atoms with van der Waals surface area (Å²) >= 11 is 0. The van der Waals surface area contributed by atoms with Crippen LogP contribution in [0.25, 0.3) is 0 Å². The molecule has 2 nitrogen and oxygen atoms in total. The second-order valence-corrected chi connectivity index (χ2v) is 2.83. The van der Waals surface area contributed by atoms with Gasteiger partial charge in [0.1, 0.15) is 0 Å². The van der Waals surface area contributed by atoms with Crippen molar-refractivity contribution in [3.8, 4) is 5.75 Å². The van der Waals surface area contributed by atoms with E-state index in [4.69, 9.17) is 5.11 Å². The van der Waals surface area contributed by atoms with Gasteiger partial charge in [-0.15, -0.1) is 0 Å². The van der Waals surface area contributed by atoms with E-state index in [1.807, 2.05) is 18.2 Å². The van der Waals surface area contributed by atoms with E-state index in [0.29, 0.717) is 5.92 Å². The molecule has 2 heteroatoms. The molecule has 0 bridgehead atoms. The maximum atomic E-state index is 11.1. The Morgan fingerprint density at radius 3 is 2.67 bits per heavy atom. The summed E-state index contributed by atoms with van der Waals surface area (Å²) in [6, 6.07) is 6.41. The number of aromatic hydroxyl groups is 1. The fourth-order valence-electron chi connectivity index (χ4n) is 1.09. The van der Waals surface area contributed by atoms with Gasteiger partial charge < -0.3 is 5.11 Å². The van der Waals surface area contributed by atoms with Crippen molar-refractivity contribution in [3.05, 3.63) is 52.2 Å². The molecule has 2 rings (SSSR count). The summed E-state index contributed by atoms with van der Waals surface area (Å²) in [6.07, 6.45) is 4.01. The van der Waals surface area contributed by atoms with Gasteiger partial charge in [0, 0.05) is 5.92 Å². The van der Waals surface area contributed by atoms with Crippen LogP contribution >= 0.6 is 0 Å². The lowest BCUT2D eigenvalue weighted by Crippen LogP contribution is -1.94. The molecule has 1 aliphatic carbocycles. The Balaban J connectivity index is 2.54. The highest BCUT2D eigenvalue weighted by atomic mass is 16.3. The first-order valence-electron chi connectivity index (χ1n) is 3.79. The van der Waals surface area contributed by atoms with E-state index in [2.05, 4.69) is 0 Å². The second-order valence-electron chi connectivity index (χ2n) is 2.83. The van der Waals surface area contributed by atoms with Crippen LogP contribution in [0.4, 0.5) is 0 Å². The van der Waals surface area contributed by atoms with Crippen molar-refractivity contribution in [2.24, 2.45) is 0 Å². The summed E-state index contributed by atoms with van der Waals surface area (Å²) in [5.74, 6) is 0.117. The smallest absolute Gasteiger partial charge is 0.220 e. The third kappa shape index (κ3) is 1.23. The average Bonchev–Trinajstić information content (AvgIpc) is 2.82. The number of hydrogen-bond donors (Lipinski definition) is 1. The van der Waals surface area contributed by atoms with Gasteiger partial charge >= 0.3 is 0 Å². The molecule has 0 saturated heterocycles. The van der Waals surface area contributed by atoms with Gasteiger partial charge in [0.25, 0.3) is 0 Å². The van der Waals surface area contributed by atoms with E-state index >= 15 is 0 Å². The Bertz CT molecular complexity index is 387. The number of rotatable bonds is 1. The van der Waals surface area contributed by atoms with Crippen LogP contribution in [0.15, 0.2) is 41.2 Å². The number of allylic oxidation sites excluding steroid dienone is 2. The zero-order valence-corrected chi connectivity index (χ0v) is 6.40. The third-order valence-corrected chi connectivity index (χ3v) is 1.86. The quantitative estimate of drug-likeness (QED) is 0.630. The van der Waals surface area contributed by atoms with Crippen LogP contribution in [0.1, 0.15) is 11.5 Å². The molecule has 0 unspecified atom stereocenters. The molecule has 0 radical (unpaired) electrons. The van der Waals surface area contributed by atoms with Crippen molar-refractivity contribution in [1.82, 2.24) is 0 Å². The van der Waals surface area contributed by atoms with Crippen LogP contribution in [0, 0.1) is 0 Å². The van der Waals surface area contributed by atoms with E-state index in [1.54, 1.807) is 6.07 Å². The SMILES string of the molecule is O=c1cc(C2C=C2)cccc1O. The van der Waals surface area contributed by atoms with Crippen molar-refractivity contribution in [2.75, 3.05) is 0 Å². The Morgan fingerprint density at radius 2 is 2.00 bits per heavy atom. The monoisotopic (exact) mass is 160 g/mol. The Labute approximate surface area is 69.8 Å². The zero-order chi connectivity index (χ0) is 8.55. The van der Waals surface area contributed by atoms with Gasteiger partial charge in [-0.2, -0.15) is 0 Å². The van der Waals surface area contributed by atoms with Crippen LogP contribution < -0.4 is 5.43 Å². The highest BCUT2D eigenvalue weighted by Crippen LogP contribution is 2.28. The zero-order valence-electron chi connectivity index (χ0n) is 6.40. The normalized spacial score (nSPS) is 14.7. The minimum absolute atomic E-state index is 0.193. The molecule has 0 heterocycles. The summed E-state index contributed by atoms with van der Waals surface area (Å²) in [7, 11) is 0. The van der Waals surface area contributed by atoms with Crippen molar-refractivity contribution >= 4 is 0 Å². The first-order chi connectivity index (χ1) is 5.77. The molecule has 1 aromatic rings. The minimum atomic E-state index is -0.316. The predicted octanol–water partition coefficient (Wildman–Crippen LogP) is 1.41. The fourth-order valence-corrected chi connectivity index (χ4v) is 1.09. The molecule has 0 spiro atoms. The van der Waals surface area contributed by atoms with Gasteiger partial charge in [-0.3, -0.25) is 4.79 Å². The molecule has 1 aliphatic rings. The Morgan fingerprint density at radius 1 is 1.25 bits per heavy atom. The average molecular weight is 160 g/mol. The lowest BCUT2D eigenvalue weighted by atomic mass is 10.2. The summed E-state index contributed by atoms with van der Waals surface area (Å²) in [5, 5.41) is 9.07. The first-order valence-corrected chi connectivity index (χ1v) is 3.79. The van der Waals surface area contributed by atoms with Crippen molar-refractivity contribution < 1.29 is 5.11 Å². The van der Waals surface area contributed by atoms with E-state index in [-0.39, 0.29) is 11.2 Å². The van der Waals surface area contributed by atoms with Gasteiger partial charge in [0.2, 0.25) is 5.43 Å². The van der Waals surface area contributed by atoms with Crippen LogP contribution in [0.3, 0.4) is 0 Å². The van der Waals surface area contributed by atoms with Crippen LogP contribution in [-0.4, -0.2) is 5.11 Å². The lowest BCUT2D eigenvalue weighted by molar-refractivity contribution is 0.471. The summed E-state index contributed by atoms with van der Waals surface area (Å²) < 4.78 is 0. The molecule has 0 saturated carbocycles. The van der Waals surface area contributed by atoms with Crippen molar-refractivity contribution in [1.29, 1.82) is 0 Å². The molecule has 0 aliphatic heterocycles. The van der Waals surface area contributed by atoms with Gasteiger partial charge in [-0.1, -0.05) is 24.3 Å². The Kier molecular flexibility index (Phi) is 1.47. The molecular formula is C10H8O2. The van der Waals surface area contributed by atoms with E-state index in [1.165, 1.54) is 12.1 Å². The standard InChI is InChI=1S/C10H8O2/c11-9-3-1-2-8(6-10(9)12)7-4-5-7/h1-7H,(H,11,12). The predicted molar refractivity (Wildman–Crippen MR) is 46.3 cm³/mol. The van der Waals surface area contributed by atoms with Crippen molar-refractivity contribution in [2.45, 2.75) is 5.92 Å². The first kappa shape index (κ1) is 7.10. The van der Waals surface area contributed by atoms with E-state index < -0.39 is 0 Å². The highest BCUT2D eigenvalue weighted by molar-refractivity contribution is 5.38. The van der Waals surface area contributed by atoms with E-state index in [0.717, 1.165) is 5.56 Å². The number of hydrogen-bond acceptors (Lipinski definition) is 2. The van der Waals surface area contributed by atoms with Gasteiger partial charge in [0.05, 0.1) is 0 Å². The summed E-state index contributed by atoms with van der Waals surface area (Å²) in [5.41, 5.74) is 0.629. The maximum Gasteiger partial charge on any atom is 0.220 e. The van der Waals surface area contributed by atoms with Gasteiger partial charge in [-0.05, 0) is 17.7 Å². The molecule has 0 amide bonds. The summed E-state index contributed by atoms with van der Waals surface area (Å²) in [4.78, 5) is 11.1. The van der Waals surface area contributed by atoms with Crippen LogP contribution in [0.5, 0.6) is 5.75 Å². The second kappa shape index (κ2) is 2.48. The molecule has 12 heavy (non-hydrogen) atoms. The summed E-state index contributed by atoms with van der Waals surface area (Å²) in [6.45, 7) is 0. The molecule has 0 aromatic heterocycles. The minimum Gasteiger partial charge on any atom is -0.504 e. The molecule has 1 aromatic carbocycles. The third-order valence-electron chi connectivity index (χ3n) is 1.86. The van der Waals surface area contributed by atoms with Crippen LogP contribution in [-0.2, 0) is 0 Å². The topological polar surface area (TPSA) is 37.3 Å². The molecular weight excluding hydrogens is 152 g/mol. The maximum absolute atomic E-state index is 11.1. The van der Waals surface area contributed by atoms with Crippen LogP contribution in [0.2, 0.25) is 0 Å². The van der Waals surface area contributed by atoms with E-state index in [9.17, 15) is 4.79 Å². The molecule has 1 N–H and O–H groups in total. The molecule has 60 valence electrons. The van der Waals surface area contributed by atoms with Crippen molar-refractivity contribution in [3.63, 3.8) is 0 Å². The fraction of sp³-hybridized carbons (Fsp3) is 0.100. The lowest BCUT2D eigenvalue weighted by Gasteiger charge is -1.88. The largest absolute Gasteiger partial charge is 0.504 e. The molecule has 0 fully saturated rings. The van der Waals surface area contributed by atoms with Gasteiger partial charge in [0.15, 0.2) is 5.75 Å². The molecule has 0 atom stereocenters. The van der Waals surface area contributed by atoms with Gasteiger partial charge in [-0.25, -0.2) is 0 Å².